The van der Waals surface area contributed by atoms with E-state index < -0.39 is 0 Å². The first-order valence-electron chi connectivity index (χ1n) is 14.6. The average molecular weight is 520 g/mol. The number of hydrogen-bond donors (Lipinski definition) is 0. The second kappa shape index (κ2) is 7.74. The van der Waals surface area contributed by atoms with Crippen molar-refractivity contribution >= 4 is 66.3 Å². The Bertz CT molecular complexity index is 2550. The van der Waals surface area contributed by atoms with E-state index >= 15 is 0 Å². The summed E-state index contributed by atoms with van der Waals surface area (Å²) in [4.78, 5) is 0. The first-order chi connectivity index (χ1) is 20.4. The van der Waals surface area contributed by atoms with Crippen molar-refractivity contribution in [1.82, 2.24) is 4.57 Å². The first-order valence-corrected chi connectivity index (χ1v) is 14.6. The van der Waals surface area contributed by atoms with Crippen LogP contribution >= 0.6 is 0 Å². The molecule has 8 aromatic rings. The van der Waals surface area contributed by atoms with Gasteiger partial charge in [-0.05, 0) is 90.7 Å². The lowest BCUT2D eigenvalue weighted by Gasteiger charge is -2.14. The molecule has 0 saturated carbocycles. The van der Waals surface area contributed by atoms with E-state index in [1.807, 2.05) is 0 Å². The molecule has 7 aromatic carbocycles. The van der Waals surface area contributed by atoms with Crippen LogP contribution < -0.4 is 10.4 Å². The predicted octanol–water partition coefficient (Wildman–Crippen LogP) is 9.25. The number of para-hydroxylation sites is 1. The third kappa shape index (κ3) is 2.71. The number of fused-ring (bicyclic) bond motifs is 12. The van der Waals surface area contributed by atoms with Gasteiger partial charge in [0.25, 0.3) is 0 Å². The van der Waals surface area contributed by atoms with Gasteiger partial charge < -0.3 is 4.57 Å². The zero-order chi connectivity index (χ0) is 26.7. The van der Waals surface area contributed by atoms with Crippen molar-refractivity contribution in [2.75, 3.05) is 0 Å². The summed E-state index contributed by atoms with van der Waals surface area (Å²) in [6, 6.07) is 43.2. The van der Waals surface area contributed by atoms with Crippen molar-refractivity contribution in [2.24, 2.45) is 0 Å². The van der Waals surface area contributed by atoms with Crippen LogP contribution in [0.1, 0.15) is 12.8 Å². The molecule has 2 aliphatic carbocycles. The summed E-state index contributed by atoms with van der Waals surface area (Å²) in [5.41, 5.74) is 9.10. The van der Waals surface area contributed by atoms with Crippen LogP contribution in [0, 0.1) is 0 Å². The highest BCUT2D eigenvalue weighted by Gasteiger charge is 2.24. The van der Waals surface area contributed by atoms with E-state index in [0.29, 0.717) is 0 Å². The summed E-state index contributed by atoms with van der Waals surface area (Å²) in [5, 5.41) is 13.5. The summed E-state index contributed by atoms with van der Waals surface area (Å²) in [6.45, 7) is 0. The van der Waals surface area contributed by atoms with E-state index in [4.69, 9.17) is 0 Å². The van der Waals surface area contributed by atoms with Crippen molar-refractivity contribution in [3.8, 4) is 27.9 Å². The van der Waals surface area contributed by atoms with Crippen LogP contribution in [0.25, 0.3) is 94.2 Å². The average Bonchev–Trinajstić information content (AvgIpc) is 3.55. The molecule has 0 bridgehead atoms. The van der Waals surface area contributed by atoms with Gasteiger partial charge in [0.1, 0.15) is 0 Å². The van der Waals surface area contributed by atoms with Crippen molar-refractivity contribution < 1.29 is 0 Å². The van der Waals surface area contributed by atoms with Crippen LogP contribution in [0.5, 0.6) is 0 Å². The van der Waals surface area contributed by atoms with Gasteiger partial charge in [0.05, 0.1) is 16.7 Å². The Labute approximate surface area is 236 Å². The summed E-state index contributed by atoms with van der Waals surface area (Å²) >= 11 is 0. The second-order valence-electron chi connectivity index (χ2n) is 11.5. The summed E-state index contributed by atoms with van der Waals surface area (Å²) in [5.74, 6) is 0. The van der Waals surface area contributed by atoms with E-state index in [2.05, 4.69) is 132 Å². The topological polar surface area (TPSA) is 4.93 Å². The van der Waals surface area contributed by atoms with E-state index in [1.165, 1.54) is 92.5 Å². The third-order valence-corrected chi connectivity index (χ3v) is 9.53. The molecular weight excluding hydrogens is 494 g/mol. The highest BCUT2D eigenvalue weighted by atomic mass is 15.0. The van der Waals surface area contributed by atoms with E-state index in [-0.39, 0.29) is 0 Å². The van der Waals surface area contributed by atoms with Crippen molar-refractivity contribution in [2.45, 2.75) is 12.8 Å². The predicted molar refractivity (Wildman–Crippen MR) is 175 cm³/mol. The largest absolute Gasteiger partial charge is 0.309 e. The van der Waals surface area contributed by atoms with Gasteiger partial charge >= 0.3 is 0 Å². The smallest absolute Gasteiger partial charge is 0.0547 e. The lowest BCUT2D eigenvalue weighted by Crippen LogP contribution is -2.27. The molecule has 0 atom stereocenters. The molecule has 41 heavy (non-hydrogen) atoms. The summed E-state index contributed by atoms with van der Waals surface area (Å²) < 4.78 is 2.50. The molecule has 190 valence electrons. The second-order valence-corrected chi connectivity index (χ2v) is 11.5. The minimum atomic E-state index is 1.11. The molecule has 1 aromatic heterocycles. The molecule has 1 nitrogen and oxygen atoms in total. The maximum atomic E-state index is 2.50. The molecule has 0 radical (unpaired) electrons. The fourth-order valence-electron chi connectivity index (χ4n) is 7.86. The Hall–Kier alpha value is -5.14. The maximum absolute atomic E-state index is 2.50. The van der Waals surface area contributed by atoms with Gasteiger partial charge in [-0.25, -0.2) is 0 Å². The zero-order valence-corrected chi connectivity index (χ0v) is 22.5. The minimum Gasteiger partial charge on any atom is -0.309 e. The standard InChI is InChI=1S/C40H25N/c1-2-9-26-24(8-1)16-17-25-18-19-32-31(38(25)26)21-23-37-40(32)34-12-5-6-15-35(34)41(37)36-22-20-30-28-11-4-3-10-27(28)29-13-7-14-33(36)39(29)30/h3-23H,1-2H2. The monoisotopic (exact) mass is 519 g/mol. The van der Waals surface area contributed by atoms with Crippen LogP contribution in [-0.2, 0) is 0 Å². The zero-order valence-electron chi connectivity index (χ0n) is 22.5. The van der Waals surface area contributed by atoms with Crippen LogP contribution in [0.4, 0.5) is 0 Å². The van der Waals surface area contributed by atoms with E-state index in [0.717, 1.165) is 12.8 Å². The van der Waals surface area contributed by atoms with Gasteiger partial charge in [0.2, 0.25) is 0 Å². The van der Waals surface area contributed by atoms with Crippen molar-refractivity contribution in [3.63, 3.8) is 0 Å². The summed E-state index contributed by atoms with van der Waals surface area (Å²) in [6.07, 6.45) is 7.07. The Morgan fingerprint density at radius 1 is 0.415 bits per heavy atom. The third-order valence-electron chi connectivity index (χ3n) is 9.53. The Kier molecular flexibility index (Phi) is 4.09. The normalized spacial score (nSPS) is 13.6. The van der Waals surface area contributed by atoms with Gasteiger partial charge in [-0.1, -0.05) is 109 Å². The fraction of sp³-hybridized carbons (Fsp3) is 0.0500. The van der Waals surface area contributed by atoms with E-state index in [9.17, 15) is 0 Å². The van der Waals surface area contributed by atoms with Crippen LogP contribution in [0.2, 0.25) is 0 Å². The van der Waals surface area contributed by atoms with E-state index in [1.54, 1.807) is 0 Å². The first kappa shape index (κ1) is 21.7. The number of rotatable bonds is 1. The molecule has 0 aliphatic heterocycles. The quantitative estimate of drug-likeness (QED) is 0.191. The number of nitrogens with zero attached hydrogens (tertiary/aromatic N) is 1. The number of benzene rings is 7. The molecule has 1 heteroatoms. The molecule has 0 N–H and O–H groups in total. The summed E-state index contributed by atoms with van der Waals surface area (Å²) in [7, 11) is 0. The van der Waals surface area contributed by atoms with Gasteiger partial charge in [-0.3, -0.25) is 0 Å². The molecule has 0 spiro atoms. The molecule has 0 saturated heterocycles. The molecule has 0 unspecified atom stereocenters. The lowest BCUT2D eigenvalue weighted by atomic mass is 9.94. The van der Waals surface area contributed by atoms with Gasteiger partial charge in [-0.15, -0.1) is 0 Å². The number of aromatic nitrogens is 1. The van der Waals surface area contributed by atoms with Crippen molar-refractivity contribution in [3.05, 3.63) is 126 Å². The van der Waals surface area contributed by atoms with Gasteiger partial charge in [0, 0.05) is 16.2 Å². The highest BCUT2D eigenvalue weighted by molar-refractivity contribution is 6.26. The molecule has 1 heterocycles. The van der Waals surface area contributed by atoms with Crippen LogP contribution in [0.15, 0.2) is 115 Å². The van der Waals surface area contributed by atoms with Crippen molar-refractivity contribution in [1.29, 1.82) is 0 Å². The SMILES string of the molecule is C1=c2ccc3ccc4c(ccc5c4c4ccccc4n5-c4ccc5c6c(cccc46)-c4ccccc4-5)c3c2=CCC1. The lowest BCUT2D eigenvalue weighted by molar-refractivity contribution is 1.12. The Balaban J connectivity index is 1.36. The maximum Gasteiger partial charge on any atom is 0.0547 e. The number of hydrogen-bond acceptors (Lipinski definition) is 0. The molecule has 2 aliphatic rings. The molecule has 0 fully saturated rings. The molecule has 10 rings (SSSR count). The van der Waals surface area contributed by atoms with Crippen LogP contribution in [0.3, 0.4) is 0 Å². The Morgan fingerprint density at radius 2 is 1.12 bits per heavy atom. The molecule has 0 amide bonds. The van der Waals surface area contributed by atoms with Crippen LogP contribution in [-0.4, -0.2) is 4.57 Å². The Morgan fingerprint density at radius 3 is 2.05 bits per heavy atom. The van der Waals surface area contributed by atoms with Gasteiger partial charge in [0.15, 0.2) is 0 Å². The fourth-order valence-corrected chi connectivity index (χ4v) is 7.86. The van der Waals surface area contributed by atoms with Gasteiger partial charge in [-0.2, -0.15) is 0 Å². The molecular formula is C40H25N. The minimum absolute atomic E-state index is 1.11. The highest BCUT2D eigenvalue weighted by Crippen LogP contribution is 2.49.